The van der Waals surface area contributed by atoms with E-state index in [0.29, 0.717) is 5.65 Å². The van der Waals surface area contributed by atoms with Crippen molar-refractivity contribution >= 4 is 22.2 Å². The van der Waals surface area contributed by atoms with Gasteiger partial charge in [0.25, 0.3) is 0 Å². The van der Waals surface area contributed by atoms with Crippen LogP contribution in [0.4, 0.5) is 5.82 Å². The van der Waals surface area contributed by atoms with Crippen LogP contribution in [0.25, 0.3) is 16.4 Å². The van der Waals surface area contributed by atoms with E-state index < -0.39 is 0 Å². The molecule has 0 unspecified atom stereocenters. The van der Waals surface area contributed by atoms with Gasteiger partial charge in [-0.1, -0.05) is 48.5 Å². The monoisotopic (exact) mass is 302 g/mol. The second-order valence-corrected chi connectivity index (χ2v) is 5.80. The van der Waals surface area contributed by atoms with Gasteiger partial charge in [0.1, 0.15) is 0 Å². The Hall–Kier alpha value is -3.02. The molecular formula is C17H14N6. The maximum atomic E-state index is 4.67. The number of hydrogen-bond donors (Lipinski definition) is 0. The molecule has 112 valence electrons. The van der Waals surface area contributed by atoms with Crippen molar-refractivity contribution in [3.05, 3.63) is 59.7 Å². The lowest BCUT2D eigenvalue weighted by Gasteiger charge is -2.30. The molecule has 0 radical (unpaired) electrons. The van der Waals surface area contributed by atoms with Gasteiger partial charge in [-0.3, -0.25) is 0 Å². The van der Waals surface area contributed by atoms with Gasteiger partial charge < -0.3 is 4.90 Å². The molecule has 0 bridgehead atoms. The Morgan fingerprint density at radius 1 is 0.870 bits per heavy atom. The number of rotatable bonds is 1. The number of tetrazole rings is 1. The van der Waals surface area contributed by atoms with E-state index in [1.165, 1.54) is 15.8 Å². The highest BCUT2D eigenvalue weighted by atomic mass is 15.6. The van der Waals surface area contributed by atoms with Gasteiger partial charge in [0.05, 0.1) is 0 Å². The topological polar surface area (TPSA) is 59.2 Å². The highest BCUT2D eigenvalue weighted by molar-refractivity contribution is 5.99. The Kier molecular flexibility index (Phi) is 2.58. The zero-order valence-corrected chi connectivity index (χ0v) is 12.4. The summed E-state index contributed by atoms with van der Waals surface area (Å²) in [4.78, 5) is 2.31. The van der Waals surface area contributed by atoms with Gasteiger partial charge in [-0.25, -0.2) is 0 Å². The molecule has 5 rings (SSSR count). The SMILES string of the molecule is c1ccc2c(c1)CCN(c1nn3nnnc3c3ccccc13)C2. The molecule has 0 aliphatic carbocycles. The maximum absolute atomic E-state index is 4.67. The van der Waals surface area contributed by atoms with Crippen LogP contribution in [0.2, 0.25) is 0 Å². The Balaban J connectivity index is 1.70. The molecule has 0 fully saturated rings. The summed E-state index contributed by atoms with van der Waals surface area (Å²) in [6.07, 6.45) is 1.03. The summed E-state index contributed by atoms with van der Waals surface area (Å²) in [6.45, 7) is 1.81. The third-order valence-corrected chi connectivity index (χ3v) is 4.48. The summed E-state index contributed by atoms with van der Waals surface area (Å²) >= 11 is 0. The molecule has 4 aromatic rings. The highest BCUT2D eigenvalue weighted by Gasteiger charge is 2.21. The molecule has 23 heavy (non-hydrogen) atoms. The summed E-state index contributed by atoms with van der Waals surface area (Å²) in [7, 11) is 0. The number of benzene rings is 2. The van der Waals surface area contributed by atoms with Gasteiger partial charge in [-0.05, 0) is 28.0 Å². The van der Waals surface area contributed by atoms with Crippen LogP contribution in [0.1, 0.15) is 11.1 Å². The lowest BCUT2D eigenvalue weighted by Crippen LogP contribution is -2.31. The molecule has 6 heteroatoms. The minimum absolute atomic E-state index is 0.696. The average molecular weight is 302 g/mol. The molecule has 2 aromatic heterocycles. The standard InChI is InChI=1S/C17H14N6/c1-2-6-13-11-22(10-9-12(13)5-1)17-15-8-4-3-7-14(15)16-18-20-21-23(16)19-17/h1-8H,9-11H2. The average Bonchev–Trinajstić information content (AvgIpc) is 3.09. The second kappa shape index (κ2) is 4.74. The van der Waals surface area contributed by atoms with Crippen molar-refractivity contribution in [3.63, 3.8) is 0 Å². The van der Waals surface area contributed by atoms with E-state index in [2.05, 4.69) is 55.9 Å². The van der Waals surface area contributed by atoms with E-state index in [-0.39, 0.29) is 0 Å². The molecule has 3 heterocycles. The zero-order valence-electron chi connectivity index (χ0n) is 12.4. The van der Waals surface area contributed by atoms with Gasteiger partial charge >= 0.3 is 0 Å². The minimum Gasteiger partial charge on any atom is -0.350 e. The number of aromatic nitrogens is 5. The van der Waals surface area contributed by atoms with Crippen molar-refractivity contribution < 1.29 is 0 Å². The van der Waals surface area contributed by atoms with E-state index in [4.69, 9.17) is 0 Å². The fourth-order valence-electron chi connectivity index (χ4n) is 3.34. The van der Waals surface area contributed by atoms with Crippen molar-refractivity contribution in [2.45, 2.75) is 13.0 Å². The van der Waals surface area contributed by atoms with E-state index in [0.717, 1.165) is 36.1 Å². The molecule has 1 aliphatic rings. The lowest BCUT2D eigenvalue weighted by atomic mass is 9.99. The molecule has 0 atom stereocenters. The molecule has 0 saturated carbocycles. The third kappa shape index (κ3) is 1.88. The molecule has 0 saturated heterocycles. The van der Waals surface area contributed by atoms with E-state index >= 15 is 0 Å². The van der Waals surface area contributed by atoms with Crippen LogP contribution in [0.3, 0.4) is 0 Å². The van der Waals surface area contributed by atoms with Crippen molar-refractivity contribution in [1.29, 1.82) is 0 Å². The summed E-state index contributed by atoms with van der Waals surface area (Å²) in [5, 5.41) is 18.6. The first-order valence-electron chi connectivity index (χ1n) is 7.69. The third-order valence-electron chi connectivity index (χ3n) is 4.48. The predicted molar refractivity (Wildman–Crippen MR) is 87.3 cm³/mol. The van der Waals surface area contributed by atoms with Crippen LogP contribution in [-0.2, 0) is 13.0 Å². The summed E-state index contributed by atoms with van der Waals surface area (Å²) < 4.78 is 1.53. The largest absolute Gasteiger partial charge is 0.350 e. The molecule has 6 nitrogen and oxygen atoms in total. The summed E-state index contributed by atoms with van der Waals surface area (Å²) in [5.41, 5.74) is 3.49. The Labute approximate surface area is 132 Å². The molecule has 1 aliphatic heterocycles. The van der Waals surface area contributed by atoms with Crippen LogP contribution < -0.4 is 4.90 Å². The first kappa shape index (κ1) is 12.5. The zero-order chi connectivity index (χ0) is 15.2. The minimum atomic E-state index is 0.696. The van der Waals surface area contributed by atoms with Crippen LogP contribution in [0, 0.1) is 0 Å². The highest BCUT2D eigenvalue weighted by Crippen LogP contribution is 2.30. The molecule has 0 N–H and O–H groups in total. The van der Waals surface area contributed by atoms with Gasteiger partial charge in [0.2, 0.25) is 5.65 Å². The second-order valence-electron chi connectivity index (χ2n) is 5.80. The van der Waals surface area contributed by atoms with Crippen LogP contribution >= 0.6 is 0 Å². The molecular weight excluding hydrogens is 288 g/mol. The van der Waals surface area contributed by atoms with Gasteiger partial charge in [-0.15, -0.1) is 14.8 Å². The number of anilines is 1. The van der Waals surface area contributed by atoms with Gasteiger partial charge in [-0.2, -0.15) is 0 Å². The van der Waals surface area contributed by atoms with Crippen molar-refractivity contribution in [1.82, 2.24) is 25.3 Å². The van der Waals surface area contributed by atoms with Crippen molar-refractivity contribution in [3.8, 4) is 0 Å². The van der Waals surface area contributed by atoms with Crippen LogP contribution in [-0.4, -0.2) is 31.8 Å². The number of fused-ring (bicyclic) bond motifs is 4. The predicted octanol–water partition coefficient (Wildman–Crippen LogP) is 2.24. The summed E-state index contributed by atoms with van der Waals surface area (Å²) in [5.74, 6) is 0.940. The first-order valence-corrected chi connectivity index (χ1v) is 7.69. The molecule has 0 spiro atoms. The maximum Gasteiger partial charge on any atom is 0.207 e. The fourth-order valence-corrected chi connectivity index (χ4v) is 3.34. The van der Waals surface area contributed by atoms with Crippen LogP contribution in [0.15, 0.2) is 48.5 Å². The van der Waals surface area contributed by atoms with Gasteiger partial charge in [0.15, 0.2) is 5.82 Å². The van der Waals surface area contributed by atoms with E-state index in [1.807, 2.05) is 18.2 Å². The molecule has 2 aromatic carbocycles. The lowest BCUT2D eigenvalue weighted by molar-refractivity contribution is 0.684. The van der Waals surface area contributed by atoms with E-state index in [1.54, 1.807) is 0 Å². The normalized spacial score (nSPS) is 14.3. The number of nitrogens with zero attached hydrogens (tertiary/aromatic N) is 6. The Morgan fingerprint density at radius 2 is 1.65 bits per heavy atom. The molecule has 0 amide bonds. The Morgan fingerprint density at radius 3 is 2.57 bits per heavy atom. The quantitative estimate of drug-likeness (QED) is 0.539. The van der Waals surface area contributed by atoms with Gasteiger partial charge in [0, 0.05) is 23.9 Å². The Bertz CT molecular complexity index is 1020. The fraction of sp³-hybridized carbons (Fsp3) is 0.176. The van der Waals surface area contributed by atoms with E-state index in [9.17, 15) is 0 Å². The van der Waals surface area contributed by atoms with Crippen molar-refractivity contribution in [2.75, 3.05) is 11.4 Å². The smallest absolute Gasteiger partial charge is 0.207 e. The van der Waals surface area contributed by atoms with Crippen LogP contribution in [0.5, 0.6) is 0 Å². The van der Waals surface area contributed by atoms with Crippen molar-refractivity contribution in [2.24, 2.45) is 0 Å². The first-order chi connectivity index (χ1) is 11.4. The number of hydrogen-bond acceptors (Lipinski definition) is 5. The summed E-state index contributed by atoms with van der Waals surface area (Å²) in [6, 6.07) is 16.8.